The van der Waals surface area contributed by atoms with E-state index in [1.54, 1.807) is 0 Å². The standard InChI is InChI=1S/C10H18N4O/c1-7(2)9-10(11)12-13-14(9)8-3-5-15-6-4-8/h7-8H,3-6,11H2,1-2H3. The van der Waals surface area contributed by atoms with Gasteiger partial charge in [0, 0.05) is 13.2 Å². The Kier molecular flexibility index (Phi) is 2.90. The van der Waals surface area contributed by atoms with Gasteiger partial charge in [0.05, 0.1) is 11.7 Å². The number of rotatable bonds is 2. The van der Waals surface area contributed by atoms with Gasteiger partial charge in [-0.2, -0.15) is 0 Å². The SMILES string of the molecule is CC(C)c1c(N)nnn1C1CCOCC1. The third kappa shape index (κ3) is 1.97. The summed E-state index contributed by atoms with van der Waals surface area (Å²) < 4.78 is 7.32. The maximum Gasteiger partial charge on any atom is 0.169 e. The van der Waals surface area contributed by atoms with Crippen LogP contribution in [-0.2, 0) is 4.74 Å². The monoisotopic (exact) mass is 210 g/mol. The Hall–Kier alpha value is -1.10. The summed E-state index contributed by atoms with van der Waals surface area (Å²) in [5.74, 6) is 0.930. The lowest BCUT2D eigenvalue weighted by molar-refractivity contribution is 0.0647. The van der Waals surface area contributed by atoms with Crippen LogP contribution in [0.5, 0.6) is 0 Å². The molecular weight excluding hydrogens is 192 g/mol. The fourth-order valence-corrected chi connectivity index (χ4v) is 2.07. The Morgan fingerprint density at radius 2 is 2.07 bits per heavy atom. The minimum Gasteiger partial charge on any atom is -0.381 e. The van der Waals surface area contributed by atoms with Crippen LogP contribution in [0.1, 0.15) is 44.3 Å². The van der Waals surface area contributed by atoms with Crippen LogP contribution < -0.4 is 5.73 Å². The molecule has 5 heteroatoms. The number of nitrogens with zero attached hydrogens (tertiary/aromatic N) is 3. The summed E-state index contributed by atoms with van der Waals surface area (Å²) in [6, 6.07) is 0.404. The molecule has 0 saturated carbocycles. The van der Waals surface area contributed by atoms with Crippen molar-refractivity contribution >= 4 is 5.82 Å². The zero-order valence-electron chi connectivity index (χ0n) is 9.31. The predicted molar refractivity (Wildman–Crippen MR) is 57.6 cm³/mol. The summed E-state index contributed by atoms with van der Waals surface area (Å²) in [7, 11) is 0. The van der Waals surface area contributed by atoms with E-state index in [9.17, 15) is 0 Å². The average molecular weight is 210 g/mol. The van der Waals surface area contributed by atoms with Crippen LogP contribution in [0.4, 0.5) is 5.82 Å². The second-order valence-electron chi connectivity index (χ2n) is 4.30. The molecule has 1 aromatic rings. The number of ether oxygens (including phenoxy) is 1. The van der Waals surface area contributed by atoms with E-state index in [4.69, 9.17) is 10.5 Å². The van der Waals surface area contributed by atoms with Crippen molar-refractivity contribution in [2.24, 2.45) is 0 Å². The van der Waals surface area contributed by atoms with E-state index in [1.165, 1.54) is 0 Å². The van der Waals surface area contributed by atoms with Gasteiger partial charge in [-0.3, -0.25) is 0 Å². The number of aromatic nitrogens is 3. The van der Waals surface area contributed by atoms with Crippen molar-refractivity contribution in [3.8, 4) is 0 Å². The van der Waals surface area contributed by atoms with Gasteiger partial charge < -0.3 is 10.5 Å². The minimum absolute atomic E-state index is 0.364. The van der Waals surface area contributed by atoms with Crippen LogP contribution in [0.25, 0.3) is 0 Å². The molecule has 1 saturated heterocycles. The molecule has 0 aliphatic carbocycles. The van der Waals surface area contributed by atoms with Crippen LogP contribution in [0.2, 0.25) is 0 Å². The van der Waals surface area contributed by atoms with Gasteiger partial charge in [0.15, 0.2) is 5.82 Å². The van der Waals surface area contributed by atoms with Gasteiger partial charge in [-0.1, -0.05) is 19.1 Å². The fourth-order valence-electron chi connectivity index (χ4n) is 2.07. The molecule has 0 amide bonds. The van der Waals surface area contributed by atoms with Crippen LogP contribution >= 0.6 is 0 Å². The van der Waals surface area contributed by atoms with Crippen LogP contribution in [-0.4, -0.2) is 28.2 Å². The normalized spacial score (nSPS) is 18.6. The van der Waals surface area contributed by atoms with Gasteiger partial charge in [-0.25, -0.2) is 4.68 Å². The first-order valence-electron chi connectivity index (χ1n) is 5.48. The van der Waals surface area contributed by atoms with Crippen molar-refractivity contribution in [3.05, 3.63) is 5.69 Å². The Labute approximate surface area is 89.6 Å². The fraction of sp³-hybridized carbons (Fsp3) is 0.800. The number of anilines is 1. The van der Waals surface area contributed by atoms with Crippen molar-refractivity contribution < 1.29 is 4.74 Å². The topological polar surface area (TPSA) is 66.0 Å². The lowest BCUT2D eigenvalue weighted by Crippen LogP contribution is -2.22. The van der Waals surface area contributed by atoms with Crippen LogP contribution in [0.3, 0.4) is 0 Å². The van der Waals surface area contributed by atoms with Crippen LogP contribution in [0.15, 0.2) is 0 Å². The third-order valence-electron chi connectivity index (χ3n) is 2.84. The zero-order chi connectivity index (χ0) is 10.8. The Balaban J connectivity index is 2.26. The van der Waals surface area contributed by atoms with E-state index in [2.05, 4.69) is 24.2 Å². The summed E-state index contributed by atoms with van der Waals surface area (Å²) in [6.07, 6.45) is 2.00. The first kappa shape index (κ1) is 10.4. The molecule has 5 nitrogen and oxygen atoms in total. The molecule has 0 unspecified atom stereocenters. The summed E-state index contributed by atoms with van der Waals surface area (Å²) in [6.45, 7) is 5.85. The van der Waals surface area contributed by atoms with Crippen LogP contribution in [0, 0.1) is 0 Å². The van der Waals surface area contributed by atoms with E-state index in [1.807, 2.05) is 4.68 Å². The molecule has 2 heterocycles. The van der Waals surface area contributed by atoms with Crippen molar-refractivity contribution in [2.75, 3.05) is 18.9 Å². The smallest absolute Gasteiger partial charge is 0.169 e. The number of nitrogen functional groups attached to an aromatic ring is 1. The summed E-state index contributed by atoms with van der Waals surface area (Å²) in [5, 5.41) is 8.11. The molecule has 0 bridgehead atoms. The molecule has 2 rings (SSSR count). The lowest BCUT2D eigenvalue weighted by atomic mass is 10.1. The first-order chi connectivity index (χ1) is 7.20. The van der Waals surface area contributed by atoms with E-state index in [0.717, 1.165) is 31.7 Å². The number of hydrogen-bond donors (Lipinski definition) is 1. The van der Waals surface area contributed by atoms with E-state index in [-0.39, 0.29) is 0 Å². The molecule has 84 valence electrons. The summed E-state index contributed by atoms with van der Waals surface area (Å²) >= 11 is 0. The molecule has 1 aliphatic heterocycles. The van der Waals surface area contributed by atoms with Gasteiger partial charge in [0.25, 0.3) is 0 Å². The molecular formula is C10H18N4O. The molecule has 15 heavy (non-hydrogen) atoms. The maximum atomic E-state index is 5.82. The molecule has 1 aliphatic rings. The highest BCUT2D eigenvalue weighted by atomic mass is 16.5. The first-order valence-corrected chi connectivity index (χ1v) is 5.48. The van der Waals surface area contributed by atoms with Gasteiger partial charge in [0.2, 0.25) is 0 Å². The number of nitrogens with two attached hydrogens (primary N) is 1. The summed E-state index contributed by atoms with van der Waals surface area (Å²) in [4.78, 5) is 0. The van der Waals surface area contributed by atoms with Crippen molar-refractivity contribution in [3.63, 3.8) is 0 Å². The molecule has 1 fully saturated rings. The van der Waals surface area contributed by atoms with Crippen molar-refractivity contribution in [1.82, 2.24) is 15.0 Å². The minimum atomic E-state index is 0.364. The highest BCUT2D eigenvalue weighted by Crippen LogP contribution is 2.27. The van der Waals surface area contributed by atoms with Gasteiger partial charge in [0.1, 0.15) is 0 Å². The highest BCUT2D eigenvalue weighted by Gasteiger charge is 2.22. The van der Waals surface area contributed by atoms with E-state index >= 15 is 0 Å². The molecule has 0 atom stereocenters. The van der Waals surface area contributed by atoms with E-state index < -0.39 is 0 Å². The average Bonchev–Trinajstić information content (AvgIpc) is 2.61. The highest BCUT2D eigenvalue weighted by molar-refractivity contribution is 5.35. The molecule has 1 aromatic heterocycles. The van der Waals surface area contributed by atoms with E-state index in [0.29, 0.717) is 17.8 Å². The van der Waals surface area contributed by atoms with Crippen molar-refractivity contribution in [2.45, 2.75) is 38.6 Å². The number of hydrogen-bond acceptors (Lipinski definition) is 4. The third-order valence-corrected chi connectivity index (χ3v) is 2.84. The quantitative estimate of drug-likeness (QED) is 0.799. The second-order valence-corrected chi connectivity index (χ2v) is 4.30. The molecule has 0 spiro atoms. The van der Waals surface area contributed by atoms with Crippen molar-refractivity contribution in [1.29, 1.82) is 0 Å². The predicted octanol–water partition coefficient (Wildman–Crippen LogP) is 1.34. The van der Waals surface area contributed by atoms with Gasteiger partial charge >= 0.3 is 0 Å². The molecule has 0 radical (unpaired) electrons. The lowest BCUT2D eigenvalue weighted by Gasteiger charge is -2.24. The molecule has 2 N–H and O–H groups in total. The molecule has 0 aromatic carbocycles. The second kappa shape index (κ2) is 4.18. The van der Waals surface area contributed by atoms with Gasteiger partial charge in [-0.05, 0) is 18.8 Å². The maximum absolute atomic E-state index is 5.82. The Morgan fingerprint density at radius 1 is 1.40 bits per heavy atom. The van der Waals surface area contributed by atoms with Gasteiger partial charge in [-0.15, -0.1) is 5.10 Å². The largest absolute Gasteiger partial charge is 0.381 e. The Morgan fingerprint density at radius 3 is 2.67 bits per heavy atom. The summed E-state index contributed by atoms with van der Waals surface area (Å²) in [5.41, 5.74) is 6.88. The Bertz CT molecular complexity index is 328. The zero-order valence-corrected chi connectivity index (χ0v) is 9.31.